The molecule has 1 atom stereocenters. The molecule has 1 N–H and O–H groups in total. The zero-order valence-electron chi connectivity index (χ0n) is 17.7. The van der Waals surface area contributed by atoms with Gasteiger partial charge in [-0.3, -0.25) is 9.10 Å². The van der Waals surface area contributed by atoms with Gasteiger partial charge < -0.3 is 5.32 Å². The molecule has 4 rings (SSSR count). The summed E-state index contributed by atoms with van der Waals surface area (Å²) in [6, 6.07) is 21.7. The molecule has 1 amide bonds. The summed E-state index contributed by atoms with van der Waals surface area (Å²) in [4.78, 5) is 13.2. The van der Waals surface area contributed by atoms with E-state index in [1.807, 2.05) is 19.1 Å². The molecule has 1 aliphatic carbocycles. The van der Waals surface area contributed by atoms with Crippen LogP contribution in [0, 0.1) is 6.92 Å². The highest BCUT2D eigenvalue weighted by atomic mass is 32.2. The molecule has 31 heavy (non-hydrogen) atoms. The molecule has 160 valence electrons. The molecule has 5 nitrogen and oxygen atoms in total. The maximum Gasteiger partial charge on any atom is 0.264 e. The van der Waals surface area contributed by atoms with E-state index >= 15 is 0 Å². The van der Waals surface area contributed by atoms with Crippen molar-refractivity contribution in [1.82, 2.24) is 5.32 Å². The molecule has 0 saturated carbocycles. The minimum atomic E-state index is -3.67. The summed E-state index contributed by atoms with van der Waals surface area (Å²) in [6.45, 7) is 1.82. The van der Waals surface area contributed by atoms with E-state index in [9.17, 15) is 13.2 Å². The predicted molar refractivity (Wildman–Crippen MR) is 123 cm³/mol. The average Bonchev–Trinajstić information content (AvgIpc) is 2.79. The van der Waals surface area contributed by atoms with E-state index in [1.165, 1.54) is 22.5 Å². The van der Waals surface area contributed by atoms with Gasteiger partial charge in [0.2, 0.25) is 0 Å². The van der Waals surface area contributed by atoms with Crippen molar-refractivity contribution in [3.8, 4) is 0 Å². The van der Waals surface area contributed by atoms with Gasteiger partial charge in [0.05, 0.1) is 16.6 Å². The van der Waals surface area contributed by atoms with Crippen LogP contribution < -0.4 is 9.62 Å². The van der Waals surface area contributed by atoms with Crippen molar-refractivity contribution in [2.45, 2.75) is 37.1 Å². The minimum Gasteiger partial charge on any atom is -0.345 e. The first-order valence-corrected chi connectivity index (χ1v) is 11.9. The number of hydrogen-bond donors (Lipinski definition) is 1. The molecule has 0 radical (unpaired) electrons. The molecule has 0 saturated heterocycles. The fraction of sp³-hybridized carbons (Fsp3) is 0.240. The number of carbonyl (C=O) groups excluding carboxylic acids is 1. The van der Waals surface area contributed by atoms with Gasteiger partial charge in [-0.25, -0.2) is 8.42 Å². The van der Waals surface area contributed by atoms with E-state index in [-0.39, 0.29) is 16.8 Å². The van der Waals surface area contributed by atoms with Crippen LogP contribution in [0.3, 0.4) is 0 Å². The molecule has 1 unspecified atom stereocenters. The first-order valence-electron chi connectivity index (χ1n) is 10.4. The van der Waals surface area contributed by atoms with Crippen LogP contribution in [0.1, 0.15) is 45.9 Å². The number of amides is 1. The minimum absolute atomic E-state index is 0.00133. The lowest BCUT2D eigenvalue weighted by molar-refractivity contribution is 0.0932. The Hall–Kier alpha value is -3.12. The van der Waals surface area contributed by atoms with Gasteiger partial charge in [-0.2, -0.15) is 0 Å². The van der Waals surface area contributed by atoms with Crippen LogP contribution in [0.25, 0.3) is 0 Å². The normalized spacial score (nSPS) is 15.7. The van der Waals surface area contributed by atoms with Crippen LogP contribution in [-0.2, 0) is 16.4 Å². The summed E-state index contributed by atoms with van der Waals surface area (Å²) in [7, 11) is -2.14. The Morgan fingerprint density at radius 1 is 1.00 bits per heavy atom. The highest BCUT2D eigenvalue weighted by Crippen LogP contribution is 2.30. The standard InChI is InChI=1S/C25H26N2O3S/c1-18-17-20(25(28)26-23-14-8-10-19-9-6-7-13-22(19)23)15-16-24(18)27(2)31(29,30)21-11-4-3-5-12-21/h3-7,9,11-13,15-17,23H,8,10,14H2,1-2H3,(H,26,28). The molecule has 0 aliphatic heterocycles. The van der Waals surface area contributed by atoms with Crippen molar-refractivity contribution < 1.29 is 13.2 Å². The lowest BCUT2D eigenvalue weighted by Gasteiger charge is -2.26. The summed E-state index contributed by atoms with van der Waals surface area (Å²) in [5, 5.41) is 3.15. The predicted octanol–water partition coefficient (Wildman–Crippen LogP) is 4.63. The van der Waals surface area contributed by atoms with Gasteiger partial charge in [0.25, 0.3) is 15.9 Å². The maximum absolute atomic E-state index is 12.9. The summed E-state index contributed by atoms with van der Waals surface area (Å²) in [5.74, 6) is -0.148. The van der Waals surface area contributed by atoms with Crippen molar-refractivity contribution >= 4 is 21.6 Å². The second-order valence-corrected chi connectivity index (χ2v) is 9.87. The van der Waals surface area contributed by atoms with E-state index in [0.717, 1.165) is 24.8 Å². The average molecular weight is 435 g/mol. The van der Waals surface area contributed by atoms with Gasteiger partial charge in [-0.1, -0.05) is 42.5 Å². The Kier molecular flexibility index (Phi) is 5.83. The number of anilines is 1. The first-order chi connectivity index (χ1) is 14.9. The maximum atomic E-state index is 12.9. The van der Waals surface area contributed by atoms with E-state index in [1.54, 1.807) is 48.5 Å². The van der Waals surface area contributed by atoms with E-state index in [2.05, 4.69) is 17.4 Å². The van der Waals surface area contributed by atoms with Crippen molar-refractivity contribution in [3.63, 3.8) is 0 Å². The van der Waals surface area contributed by atoms with Crippen molar-refractivity contribution in [3.05, 3.63) is 95.1 Å². The molecule has 3 aromatic carbocycles. The molecule has 0 bridgehead atoms. The first kappa shape index (κ1) is 21.1. The third-order valence-corrected chi connectivity index (χ3v) is 7.66. The van der Waals surface area contributed by atoms with Crippen molar-refractivity contribution in [1.29, 1.82) is 0 Å². The van der Waals surface area contributed by atoms with Gasteiger partial charge in [0.1, 0.15) is 0 Å². The number of nitrogens with zero attached hydrogens (tertiary/aromatic N) is 1. The Morgan fingerprint density at radius 2 is 1.71 bits per heavy atom. The fourth-order valence-electron chi connectivity index (χ4n) is 4.18. The summed E-state index contributed by atoms with van der Waals surface area (Å²) < 4.78 is 27.1. The molecule has 1 aliphatic rings. The Morgan fingerprint density at radius 3 is 2.45 bits per heavy atom. The number of fused-ring (bicyclic) bond motifs is 1. The third kappa shape index (κ3) is 4.21. The number of hydrogen-bond acceptors (Lipinski definition) is 3. The lowest BCUT2D eigenvalue weighted by Crippen LogP contribution is -2.31. The largest absolute Gasteiger partial charge is 0.345 e. The van der Waals surface area contributed by atoms with Crippen LogP contribution >= 0.6 is 0 Å². The highest BCUT2D eigenvalue weighted by Gasteiger charge is 2.24. The van der Waals surface area contributed by atoms with Crippen molar-refractivity contribution in [2.24, 2.45) is 0 Å². The number of nitrogens with one attached hydrogen (secondary N) is 1. The highest BCUT2D eigenvalue weighted by molar-refractivity contribution is 7.92. The van der Waals surface area contributed by atoms with Gasteiger partial charge in [-0.05, 0) is 73.2 Å². The molecule has 6 heteroatoms. The molecule has 0 aromatic heterocycles. The Balaban J connectivity index is 1.55. The Labute approximate surface area is 183 Å². The molecular weight excluding hydrogens is 408 g/mol. The monoisotopic (exact) mass is 434 g/mol. The van der Waals surface area contributed by atoms with Crippen LogP contribution in [0.5, 0.6) is 0 Å². The molecule has 3 aromatic rings. The number of benzene rings is 3. The molecule has 0 fully saturated rings. The summed E-state index contributed by atoms with van der Waals surface area (Å²) in [5.41, 5.74) is 4.26. The number of carbonyl (C=O) groups is 1. The van der Waals surface area contributed by atoms with E-state index in [4.69, 9.17) is 0 Å². The molecule has 0 heterocycles. The molecular formula is C25H26N2O3S. The second kappa shape index (κ2) is 8.55. The topological polar surface area (TPSA) is 66.5 Å². The van der Waals surface area contributed by atoms with Gasteiger partial charge in [0, 0.05) is 12.6 Å². The lowest BCUT2D eigenvalue weighted by atomic mass is 9.87. The van der Waals surface area contributed by atoms with Gasteiger partial charge >= 0.3 is 0 Å². The zero-order valence-corrected chi connectivity index (χ0v) is 18.5. The summed E-state index contributed by atoms with van der Waals surface area (Å²) in [6.07, 6.45) is 3.00. The van der Waals surface area contributed by atoms with Gasteiger partial charge in [0.15, 0.2) is 0 Å². The SMILES string of the molecule is Cc1cc(C(=O)NC2CCCc3ccccc32)ccc1N(C)S(=O)(=O)c1ccccc1. The van der Waals surface area contributed by atoms with Crippen LogP contribution in [0.4, 0.5) is 5.69 Å². The van der Waals surface area contributed by atoms with Gasteiger partial charge in [-0.15, -0.1) is 0 Å². The fourth-order valence-corrected chi connectivity index (χ4v) is 5.46. The quantitative estimate of drug-likeness (QED) is 0.637. The third-order valence-electron chi connectivity index (χ3n) is 5.87. The number of sulfonamides is 1. The van der Waals surface area contributed by atoms with Crippen LogP contribution in [-0.4, -0.2) is 21.4 Å². The molecule has 0 spiro atoms. The van der Waals surface area contributed by atoms with E-state index < -0.39 is 10.0 Å². The number of rotatable bonds is 5. The van der Waals surface area contributed by atoms with Crippen molar-refractivity contribution in [2.75, 3.05) is 11.4 Å². The second-order valence-electron chi connectivity index (χ2n) is 7.90. The Bertz CT molecular complexity index is 1210. The number of aryl methyl sites for hydroxylation is 2. The van der Waals surface area contributed by atoms with E-state index in [0.29, 0.717) is 11.3 Å². The van der Waals surface area contributed by atoms with Crippen LogP contribution in [0.2, 0.25) is 0 Å². The summed E-state index contributed by atoms with van der Waals surface area (Å²) >= 11 is 0. The van der Waals surface area contributed by atoms with Crippen LogP contribution in [0.15, 0.2) is 77.7 Å². The zero-order chi connectivity index (χ0) is 22.0. The smallest absolute Gasteiger partial charge is 0.264 e.